The van der Waals surface area contributed by atoms with E-state index in [0.717, 1.165) is 18.4 Å². The van der Waals surface area contributed by atoms with Gasteiger partial charge in [-0.3, -0.25) is 10.1 Å². The third kappa shape index (κ3) is 2.87. The molecule has 1 saturated heterocycles. The highest BCUT2D eigenvalue weighted by atomic mass is 16.5. The summed E-state index contributed by atoms with van der Waals surface area (Å²) in [4.78, 5) is 12.1. The number of benzene rings is 1. The van der Waals surface area contributed by atoms with Crippen LogP contribution in [0.1, 0.15) is 24.8 Å². The molecular formula is C16H19NO2. The first-order valence-electron chi connectivity index (χ1n) is 6.96. The molecule has 1 aliphatic heterocycles. The third-order valence-electron chi connectivity index (χ3n) is 4.00. The largest absolute Gasteiger partial charge is 0.460 e. The lowest BCUT2D eigenvalue weighted by atomic mass is 9.90. The fourth-order valence-electron chi connectivity index (χ4n) is 2.94. The Hall–Kier alpha value is -1.61. The Morgan fingerprint density at radius 1 is 1.32 bits per heavy atom. The normalized spacial score (nSPS) is 28.9. The van der Waals surface area contributed by atoms with E-state index in [-0.39, 0.29) is 12.0 Å². The highest BCUT2D eigenvalue weighted by Gasteiger charge is 2.37. The molecule has 0 aromatic heterocycles. The highest BCUT2D eigenvalue weighted by Crippen LogP contribution is 2.29. The Morgan fingerprint density at radius 2 is 2.16 bits per heavy atom. The number of fused-ring (bicyclic) bond motifs is 1. The first-order chi connectivity index (χ1) is 9.33. The van der Waals surface area contributed by atoms with Gasteiger partial charge < -0.3 is 4.74 Å². The van der Waals surface area contributed by atoms with E-state index < -0.39 is 0 Å². The number of hydrogen-bond acceptors (Lipinski definition) is 3. The van der Waals surface area contributed by atoms with E-state index in [1.54, 1.807) is 0 Å². The van der Waals surface area contributed by atoms with Crippen LogP contribution in [0.4, 0.5) is 0 Å². The molecule has 100 valence electrons. The lowest BCUT2D eigenvalue weighted by Gasteiger charge is -2.18. The average Bonchev–Trinajstić information content (AvgIpc) is 2.90. The molecule has 1 heterocycles. The van der Waals surface area contributed by atoms with Gasteiger partial charge in [-0.15, -0.1) is 0 Å². The molecule has 1 fully saturated rings. The van der Waals surface area contributed by atoms with Gasteiger partial charge in [0, 0.05) is 6.04 Å². The topological polar surface area (TPSA) is 38.3 Å². The molecule has 19 heavy (non-hydrogen) atoms. The Bertz CT molecular complexity index is 469. The van der Waals surface area contributed by atoms with Crippen molar-refractivity contribution in [3.63, 3.8) is 0 Å². The zero-order chi connectivity index (χ0) is 13.1. The Morgan fingerprint density at radius 3 is 2.95 bits per heavy atom. The molecule has 0 spiro atoms. The molecule has 1 aromatic rings. The predicted molar refractivity (Wildman–Crippen MR) is 73.4 cm³/mol. The minimum absolute atomic E-state index is 0.119. The Labute approximate surface area is 113 Å². The fourth-order valence-corrected chi connectivity index (χ4v) is 2.94. The van der Waals surface area contributed by atoms with Crippen molar-refractivity contribution >= 4 is 5.97 Å². The molecule has 1 aromatic carbocycles. The molecule has 0 bridgehead atoms. The molecule has 3 heteroatoms. The van der Waals surface area contributed by atoms with Gasteiger partial charge >= 0.3 is 5.97 Å². The summed E-state index contributed by atoms with van der Waals surface area (Å²) >= 11 is 0. The van der Waals surface area contributed by atoms with Gasteiger partial charge in [0.25, 0.3) is 0 Å². The third-order valence-corrected chi connectivity index (χ3v) is 4.00. The molecule has 2 aliphatic rings. The maximum atomic E-state index is 12.1. The maximum absolute atomic E-state index is 12.1. The lowest BCUT2D eigenvalue weighted by molar-refractivity contribution is -0.147. The first-order valence-corrected chi connectivity index (χ1v) is 6.96. The first kappa shape index (κ1) is 12.4. The van der Waals surface area contributed by atoms with Gasteiger partial charge in [-0.1, -0.05) is 42.5 Å². The molecule has 3 unspecified atom stereocenters. The van der Waals surface area contributed by atoms with Crippen LogP contribution >= 0.6 is 0 Å². The van der Waals surface area contributed by atoms with Crippen LogP contribution in [0.15, 0.2) is 42.5 Å². The van der Waals surface area contributed by atoms with Crippen LogP contribution in [-0.4, -0.2) is 18.1 Å². The van der Waals surface area contributed by atoms with Crippen molar-refractivity contribution in [1.82, 2.24) is 5.32 Å². The second-order valence-corrected chi connectivity index (χ2v) is 5.34. The van der Waals surface area contributed by atoms with Crippen molar-refractivity contribution in [2.45, 2.75) is 38.0 Å². The monoisotopic (exact) mass is 257 g/mol. The summed E-state index contributed by atoms with van der Waals surface area (Å²) in [6, 6.07) is 10.0. The van der Waals surface area contributed by atoms with Crippen molar-refractivity contribution in [2.75, 3.05) is 0 Å². The van der Waals surface area contributed by atoms with E-state index >= 15 is 0 Å². The summed E-state index contributed by atoms with van der Waals surface area (Å²) in [5.41, 5.74) is 1.03. The standard InChI is InChI=1S/C16H19NO2/c18-16(19-11-12-6-2-1-3-7-12)15-10-13-8-4-5-9-14(13)17-15/h1-3,5-7,9,13-15,17H,4,8,10-11H2. The van der Waals surface area contributed by atoms with Crippen LogP contribution in [0, 0.1) is 5.92 Å². The number of carbonyl (C=O) groups is 1. The van der Waals surface area contributed by atoms with Crippen molar-refractivity contribution < 1.29 is 9.53 Å². The summed E-state index contributed by atoms with van der Waals surface area (Å²) in [5, 5.41) is 3.37. The Balaban J connectivity index is 1.53. The maximum Gasteiger partial charge on any atom is 0.323 e. The number of nitrogens with one attached hydrogen (secondary N) is 1. The van der Waals surface area contributed by atoms with Gasteiger partial charge in [0.05, 0.1) is 0 Å². The SMILES string of the molecule is O=C(OCc1ccccc1)C1CC2CCC=CC2N1. The summed E-state index contributed by atoms with van der Waals surface area (Å²) in [7, 11) is 0. The quantitative estimate of drug-likeness (QED) is 0.667. The molecule has 1 aliphatic carbocycles. The number of esters is 1. The number of carbonyl (C=O) groups excluding carboxylic acids is 1. The van der Waals surface area contributed by atoms with E-state index in [9.17, 15) is 4.79 Å². The summed E-state index contributed by atoms with van der Waals surface area (Å²) in [6.07, 6.45) is 7.61. The fraction of sp³-hybridized carbons (Fsp3) is 0.438. The van der Waals surface area contributed by atoms with Gasteiger partial charge in [0.15, 0.2) is 0 Å². The van der Waals surface area contributed by atoms with Crippen LogP contribution < -0.4 is 5.32 Å². The molecule has 1 N–H and O–H groups in total. The predicted octanol–water partition coefficient (Wildman–Crippen LogP) is 2.43. The summed E-state index contributed by atoms with van der Waals surface area (Å²) < 4.78 is 5.39. The Kier molecular flexibility index (Phi) is 3.65. The molecule has 0 amide bonds. The molecule has 3 nitrogen and oxygen atoms in total. The molecule has 0 radical (unpaired) electrons. The van der Waals surface area contributed by atoms with Crippen molar-refractivity contribution in [3.05, 3.63) is 48.0 Å². The van der Waals surface area contributed by atoms with Crippen molar-refractivity contribution in [1.29, 1.82) is 0 Å². The van der Waals surface area contributed by atoms with E-state index in [2.05, 4.69) is 17.5 Å². The number of ether oxygens (including phenoxy) is 1. The van der Waals surface area contributed by atoms with E-state index in [0.29, 0.717) is 18.6 Å². The van der Waals surface area contributed by atoms with Gasteiger partial charge in [-0.05, 0) is 30.7 Å². The molecule has 0 saturated carbocycles. The zero-order valence-corrected chi connectivity index (χ0v) is 10.9. The average molecular weight is 257 g/mol. The lowest BCUT2D eigenvalue weighted by Crippen LogP contribution is -2.36. The second kappa shape index (κ2) is 5.57. The molecular weight excluding hydrogens is 238 g/mol. The van der Waals surface area contributed by atoms with Gasteiger partial charge in [-0.2, -0.15) is 0 Å². The number of rotatable bonds is 3. The van der Waals surface area contributed by atoms with Crippen molar-refractivity contribution in [3.8, 4) is 0 Å². The van der Waals surface area contributed by atoms with Crippen LogP contribution in [-0.2, 0) is 16.1 Å². The van der Waals surface area contributed by atoms with Crippen LogP contribution in [0.3, 0.4) is 0 Å². The van der Waals surface area contributed by atoms with E-state index in [1.807, 2.05) is 30.3 Å². The molecule has 3 atom stereocenters. The highest BCUT2D eigenvalue weighted by molar-refractivity contribution is 5.76. The van der Waals surface area contributed by atoms with Crippen LogP contribution in [0.25, 0.3) is 0 Å². The van der Waals surface area contributed by atoms with Crippen molar-refractivity contribution in [2.24, 2.45) is 5.92 Å². The van der Waals surface area contributed by atoms with Gasteiger partial charge in [-0.25, -0.2) is 0 Å². The second-order valence-electron chi connectivity index (χ2n) is 5.34. The number of allylic oxidation sites excluding steroid dienone is 1. The minimum atomic E-state index is -0.138. The smallest absolute Gasteiger partial charge is 0.323 e. The van der Waals surface area contributed by atoms with Gasteiger partial charge in [0.1, 0.15) is 12.6 Å². The summed E-state index contributed by atoms with van der Waals surface area (Å²) in [6.45, 7) is 0.364. The van der Waals surface area contributed by atoms with Gasteiger partial charge in [0.2, 0.25) is 0 Å². The minimum Gasteiger partial charge on any atom is -0.460 e. The summed E-state index contributed by atoms with van der Waals surface area (Å²) in [5.74, 6) is 0.478. The molecule has 3 rings (SSSR count). The van der Waals surface area contributed by atoms with Crippen LogP contribution in [0.5, 0.6) is 0 Å². The van der Waals surface area contributed by atoms with E-state index in [4.69, 9.17) is 4.74 Å². The van der Waals surface area contributed by atoms with Crippen LogP contribution in [0.2, 0.25) is 0 Å². The van der Waals surface area contributed by atoms with E-state index in [1.165, 1.54) is 6.42 Å². The number of hydrogen-bond donors (Lipinski definition) is 1. The zero-order valence-electron chi connectivity index (χ0n) is 10.9.